The molecule has 0 saturated carbocycles. The number of nitrogens with zero attached hydrogens (tertiary/aromatic N) is 3. The van der Waals surface area contributed by atoms with Crippen molar-refractivity contribution in [2.75, 3.05) is 0 Å². The van der Waals surface area contributed by atoms with E-state index in [2.05, 4.69) is 38.0 Å². The quantitative estimate of drug-likeness (QED) is 0.886. The molecule has 1 N–H and O–H groups in total. The molecule has 18 heavy (non-hydrogen) atoms. The molecule has 0 saturated heterocycles. The Bertz CT molecular complexity index is 596. The van der Waals surface area contributed by atoms with Crippen molar-refractivity contribution in [3.63, 3.8) is 0 Å². The van der Waals surface area contributed by atoms with Crippen LogP contribution in [0.3, 0.4) is 0 Å². The predicted octanol–water partition coefficient (Wildman–Crippen LogP) is 2.74. The van der Waals surface area contributed by atoms with Gasteiger partial charge in [-0.05, 0) is 30.5 Å². The first-order chi connectivity index (χ1) is 8.30. The molecule has 1 aromatic carbocycles. The molecule has 5 heteroatoms. The third kappa shape index (κ3) is 2.08. The molecule has 0 fully saturated rings. The van der Waals surface area contributed by atoms with Gasteiger partial charge in [-0.1, -0.05) is 26.0 Å². The molecular formula is C13H17N3O2. The summed E-state index contributed by atoms with van der Waals surface area (Å²) in [6, 6.07) is 5.08. The molecule has 96 valence electrons. The Labute approximate surface area is 105 Å². The van der Waals surface area contributed by atoms with Crippen LogP contribution in [-0.2, 0) is 0 Å². The number of carboxylic acids is 1. The van der Waals surface area contributed by atoms with Crippen LogP contribution in [0.1, 0.15) is 44.1 Å². The molecule has 1 heterocycles. The van der Waals surface area contributed by atoms with Crippen molar-refractivity contribution in [3.05, 3.63) is 23.8 Å². The number of carbonyl (C=O) groups is 1. The Hall–Kier alpha value is -1.91. The summed E-state index contributed by atoms with van der Waals surface area (Å²) in [7, 11) is 0. The lowest BCUT2D eigenvalue weighted by Crippen LogP contribution is -2.22. The largest absolute Gasteiger partial charge is 0.478 e. The van der Waals surface area contributed by atoms with Crippen molar-refractivity contribution in [2.24, 2.45) is 5.41 Å². The zero-order valence-corrected chi connectivity index (χ0v) is 11.0. The van der Waals surface area contributed by atoms with Crippen molar-refractivity contribution in [3.8, 4) is 0 Å². The zero-order valence-electron chi connectivity index (χ0n) is 11.0. The highest BCUT2D eigenvalue weighted by atomic mass is 16.4. The summed E-state index contributed by atoms with van der Waals surface area (Å²) in [5.74, 6) is -0.949. The first-order valence-electron chi connectivity index (χ1n) is 5.89. The number of hydrogen-bond donors (Lipinski definition) is 1. The molecule has 0 aliphatic rings. The van der Waals surface area contributed by atoms with Crippen LogP contribution < -0.4 is 0 Å². The van der Waals surface area contributed by atoms with Gasteiger partial charge in [0, 0.05) is 0 Å². The topological polar surface area (TPSA) is 68.0 Å². The molecule has 1 atom stereocenters. The molecule has 1 aromatic heterocycles. The molecule has 0 aliphatic heterocycles. The van der Waals surface area contributed by atoms with Gasteiger partial charge in [0.25, 0.3) is 0 Å². The first kappa shape index (κ1) is 12.5. The van der Waals surface area contributed by atoms with Gasteiger partial charge in [-0.15, -0.1) is 5.10 Å². The SMILES string of the molecule is CC(n1nnc2cc(C(=O)O)ccc21)C(C)(C)C. The van der Waals surface area contributed by atoms with Crippen LogP contribution in [0.2, 0.25) is 0 Å². The third-order valence-electron chi connectivity index (χ3n) is 3.34. The molecule has 0 aliphatic carbocycles. The van der Waals surface area contributed by atoms with E-state index in [1.54, 1.807) is 18.2 Å². The molecule has 0 amide bonds. The van der Waals surface area contributed by atoms with Gasteiger partial charge in [-0.25, -0.2) is 9.48 Å². The van der Waals surface area contributed by atoms with Crippen molar-refractivity contribution >= 4 is 17.0 Å². The Balaban J connectivity index is 2.53. The summed E-state index contributed by atoms with van der Waals surface area (Å²) in [5, 5.41) is 17.1. The molecule has 2 aromatic rings. The molecule has 5 nitrogen and oxygen atoms in total. The van der Waals surface area contributed by atoms with Crippen LogP contribution in [0.25, 0.3) is 11.0 Å². The fourth-order valence-corrected chi connectivity index (χ4v) is 1.73. The molecule has 2 rings (SSSR count). The van der Waals surface area contributed by atoms with Crippen molar-refractivity contribution in [1.82, 2.24) is 15.0 Å². The molecule has 0 bridgehead atoms. The summed E-state index contributed by atoms with van der Waals surface area (Å²) >= 11 is 0. The minimum atomic E-state index is -0.949. The minimum absolute atomic E-state index is 0.0616. The second kappa shape index (κ2) is 4.08. The maximum Gasteiger partial charge on any atom is 0.335 e. The van der Waals surface area contributed by atoms with Gasteiger partial charge in [0.05, 0.1) is 17.1 Å². The summed E-state index contributed by atoms with van der Waals surface area (Å²) in [4.78, 5) is 10.9. The maximum atomic E-state index is 10.9. The van der Waals surface area contributed by atoms with Gasteiger partial charge in [-0.2, -0.15) is 0 Å². The number of fused-ring (bicyclic) bond motifs is 1. The van der Waals surface area contributed by atoms with E-state index in [1.165, 1.54) is 0 Å². The zero-order chi connectivity index (χ0) is 13.5. The van der Waals surface area contributed by atoms with E-state index in [9.17, 15) is 4.79 Å². The first-order valence-corrected chi connectivity index (χ1v) is 5.89. The van der Waals surface area contributed by atoms with Gasteiger partial charge < -0.3 is 5.11 Å². The monoisotopic (exact) mass is 247 g/mol. The number of rotatable bonds is 2. The highest BCUT2D eigenvalue weighted by Crippen LogP contribution is 2.31. The lowest BCUT2D eigenvalue weighted by atomic mass is 9.88. The van der Waals surface area contributed by atoms with E-state index >= 15 is 0 Å². The van der Waals surface area contributed by atoms with Crippen LogP contribution in [0.15, 0.2) is 18.2 Å². The van der Waals surface area contributed by atoms with Crippen molar-refractivity contribution in [1.29, 1.82) is 0 Å². The van der Waals surface area contributed by atoms with Gasteiger partial charge >= 0.3 is 5.97 Å². The minimum Gasteiger partial charge on any atom is -0.478 e. The number of carboxylic acid groups (broad SMARTS) is 1. The van der Waals surface area contributed by atoms with E-state index < -0.39 is 5.97 Å². The molecular weight excluding hydrogens is 230 g/mol. The Morgan fingerprint density at radius 3 is 2.61 bits per heavy atom. The van der Waals surface area contributed by atoms with E-state index in [4.69, 9.17) is 5.11 Å². The van der Waals surface area contributed by atoms with Crippen LogP contribution in [0.5, 0.6) is 0 Å². The summed E-state index contributed by atoms with van der Waals surface area (Å²) in [6.45, 7) is 8.49. The van der Waals surface area contributed by atoms with Crippen LogP contribution in [0, 0.1) is 5.41 Å². The standard InChI is InChI=1S/C13H17N3O2/c1-8(13(2,3)4)16-11-6-5-9(12(17)18)7-10(11)14-15-16/h5-8H,1-4H3,(H,17,18). The number of aromatic carboxylic acids is 1. The number of benzene rings is 1. The van der Waals surface area contributed by atoms with Crippen LogP contribution in [0.4, 0.5) is 0 Å². The second-order valence-electron chi connectivity index (χ2n) is 5.58. The van der Waals surface area contributed by atoms with Gasteiger partial charge in [0.15, 0.2) is 0 Å². The lowest BCUT2D eigenvalue weighted by molar-refractivity contribution is 0.0697. The maximum absolute atomic E-state index is 10.9. The van der Waals surface area contributed by atoms with E-state index in [0.29, 0.717) is 5.52 Å². The van der Waals surface area contributed by atoms with Gasteiger partial charge in [0.1, 0.15) is 5.52 Å². The second-order valence-corrected chi connectivity index (χ2v) is 5.58. The summed E-state index contributed by atoms with van der Waals surface area (Å²) in [5.41, 5.74) is 1.78. The van der Waals surface area contributed by atoms with Crippen molar-refractivity contribution < 1.29 is 9.90 Å². The smallest absolute Gasteiger partial charge is 0.335 e. The highest BCUT2D eigenvalue weighted by molar-refractivity contribution is 5.92. The van der Waals surface area contributed by atoms with Crippen LogP contribution >= 0.6 is 0 Å². The Morgan fingerprint density at radius 1 is 1.39 bits per heavy atom. The summed E-state index contributed by atoms with van der Waals surface area (Å²) < 4.78 is 1.85. The molecule has 0 spiro atoms. The fourth-order valence-electron chi connectivity index (χ4n) is 1.73. The molecule has 0 radical (unpaired) electrons. The fraction of sp³-hybridized carbons (Fsp3) is 0.462. The average molecular weight is 247 g/mol. The van der Waals surface area contributed by atoms with Crippen LogP contribution in [-0.4, -0.2) is 26.1 Å². The third-order valence-corrected chi connectivity index (χ3v) is 3.34. The van der Waals surface area contributed by atoms with Crippen molar-refractivity contribution in [2.45, 2.75) is 33.7 Å². The lowest BCUT2D eigenvalue weighted by Gasteiger charge is -2.27. The van der Waals surface area contributed by atoms with Gasteiger partial charge in [-0.3, -0.25) is 0 Å². The number of hydrogen-bond acceptors (Lipinski definition) is 3. The van der Waals surface area contributed by atoms with E-state index in [0.717, 1.165) is 5.52 Å². The predicted molar refractivity (Wildman–Crippen MR) is 68.7 cm³/mol. The number of aromatic nitrogens is 3. The van der Waals surface area contributed by atoms with E-state index in [-0.39, 0.29) is 17.0 Å². The average Bonchev–Trinajstić information content (AvgIpc) is 2.68. The summed E-state index contributed by atoms with van der Waals surface area (Å²) in [6.07, 6.45) is 0. The molecule has 1 unspecified atom stereocenters. The van der Waals surface area contributed by atoms with Gasteiger partial charge in [0.2, 0.25) is 0 Å². The Morgan fingerprint density at radius 2 is 2.06 bits per heavy atom. The Kier molecular flexibility index (Phi) is 2.84. The normalized spacial score (nSPS) is 13.8. The van der Waals surface area contributed by atoms with E-state index in [1.807, 2.05) is 4.68 Å². The highest BCUT2D eigenvalue weighted by Gasteiger charge is 2.24.